The molecule has 0 radical (unpaired) electrons. The van der Waals surface area contributed by atoms with Crippen molar-refractivity contribution in [1.82, 2.24) is 9.97 Å². The van der Waals surface area contributed by atoms with E-state index in [0.29, 0.717) is 11.7 Å². The van der Waals surface area contributed by atoms with E-state index in [-0.39, 0.29) is 0 Å². The predicted molar refractivity (Wildman–Crippen MR) is 87.5 cm³/mol. The van der Waals surface area contributed by atoms with Crippen molar-refractivity contribution in [3.8, 4) is 11.1 Å². The summed E-state index contributed by atoms with van der Waals surface area (Å²) in [5.41, 5.74) is 14.1. The van der Waals surface area contributed by atoms with Crippen LogP contribution in [0.15, 0.2) is 59.3 Å². The highest BCUT2D eigenvalue weighted by Gasteiger charge is 2.08. The van der Waals surface area contributed by atoms with Gasteiger partial charge >= 0.3 is 0 Å². The Morgan fingerprint density at radius 2 is 2.00 bits per heavy atom. The summed E-state index contributed by atoms with van der Waals surface area (Å²) in [7, 11) is 0. The molecule has 104 valence electrons. The molecule has 5 nitrogen and oxygen atoms in total. The minimum absolute atomic E-state index is 0.324. The molecule has 0 bridgehead atoms. The van der Waals surface area contributed by atoms with Crippen LogP contribution >= 0.6 is 11.3 Å². The molecule has 0 amide bonds. The van der Waals surface area contributed by atoms with Crippen LogP contribution in [0.2, 0.25) is 0 Å². The number of fused-ring (bicyclic) bond motifs is 1. The van der Waals surface area contributed by atoms with Gasteiger partial charge in [0, 0.05) is 23.3 Å². The van der Waals surface area contributed by atoms with E-state index in [0.717, 1.165) is 21.3 Å². The number of hydrogen-bond acceptors (Lipinski definition) is 5. The molecule has 6 heteroatoms. The quantitative estimate of drug-likeness (QED) is 0.574. The number of pyridine rings is 2. The van der Waals surface area contributed by atoms with Gasteiger partial charge in [-0.15, -0.1) is 11.3 Å². The third kappa shape index (κ3) is 2.75. The monoisotopic (exact) mass is 295 g/mol. The summed E-state index contributed by atoms with van der Waals surface area (Å²) < 4.78 is 1.11. The summed E-state index contributed by atoms with van der Waals surface area (Å²) in [6.45, 7) is 0. The average Bonchev–Trinajstić information content (AvgIpc) is 2.91. The van der Waals surface area contributed by atoms with Crippen LogP contribution in [0.25, 0.3) is 21.3 Å². The molecule has 0 aliphatic rings. The molecule has 3 rings (SSSR count). The predicted octanol–water partition coefficient (Wildman–Crippen LogP) is 2.82. The van der Waals surface area contributed by atoms with Crippen LogP contribution in [0.4, 0.5) is 5.82 Å². The molecule has 0 unspecified atom stereocenters. The van der Waals surface area contributed by atoms with Crippen LogP contribution in [0.5, 0.6) is 0 Å². The first kappa shape index (κ1) is 13.3. The summed E-state index contributed by atoms with van der Waals surface area (Å²) in [4.78, 5) is 12.8. The van der Waals surface area contributed by atoms with Gasteiger partial charge in [0.2, 0.25) is 0 Å². The van der Waals surface area contributed by atoms with Crippen LogP contribution in [0.1, 0.15) is 0 Å². The van der Waals surface area contributed by atoms with Crippen molar-refractivity contribution in [3.63, 3.8) is 0 Å². The van der Waals surface area contributed by atoms with E-state index in [1.54, 1.807) is 23.7 Å². The smallest absolute Gasteiger partial charge is 0.155 e. The lowest BCUT2D eigenvalue weighted by Gasteiger charge is -2.00. The lowest BCUT2D eigenvalue weighted by atomic mass is 10.1. The Balaban J connectivity index is 2.11. The second kappa shape index (κ2) is 5.72. The first-order valence-corrected chi connectivity index (χ1v) is 7.17. The summed E-state index contributed by atoms with van der Waals surface area (Å²) in [6, 6.07) is 7.76. The lowest BCUT2D eigenvalue weighted by molar-refractivity contribution is 1.32. The van der Waals surface area contributed by atoms with Gasteiger partial charge in [0.1, 0.15) is 5.84 Å². The molecule has 0 fully saturated rings. The van der Waals surface area contributed by atoms with Crippen LogP contribution in [-0.2, 0) is 0 Å². The number of aliphatic imine (C=N–C) groups is 1. The maximum atomic E-state index is 5.72. The number of hydrogen-bond donors (Lipinski definition) is 2. The third-order valence-corrected chi connectivity index (χ3v) is 3.84. The van der Waals surface area contributed by atoms with Gasteiger partial charge in [0.05, 0.1) is 10.2 Å². The molecular formula is C15H13N5S. The fraction of sp³-hybridized carbons (Fsp3) is 0. The van der Waals surface area contributed by atoms with Crippen molar-refractivity contribution in [2.75, 3.05) is 0 Å². The Kier molecular flexibility index (Phi) is 3.61. The van der Waals surface area contributed by atoms with E-state index in [9.17, 15) is 0 Å². The van der Waals surface area contributed by atoms with E-state index >= 15 is 0 Å². The van der Waals surface area contributed by atoms with Crippen molar-refractivity contribution >= 4 is 33.2 Å². The molecule has 21 heavy (non-hydrogen) atoms. The molecule has 3 aromatic rings. The zero-order valence-corrected chi connectivity index (χ0v) is 11.9. The second-order valence-electron chi connectivity index (χ2n) is 4.30. The van der Waals surface area contributed by atoms with Gasteiger partial charge in [-0.2, -0.15) is 0 Å². The van der Waals surface area contributed by atoms with Gasteiger partial charge < -0.3 is 11.5 Å². The van der Waals surface area contributed by atoms with Gasteiger partial charge in [-0.05, 0) is 42.1 Å². The normalized spacial score (nSPS) is 12.3. The highest BCUT2D eigenvalue weighted by Crippen LogP contribution is 2.33. The van der Waals surface area contributed by atoms with Gasteiger partial charge in [-0.3, -0.25) is 4.98 Å². The number of thiophene rings is 1. The van der Waals surface area contributed by atoms with E-state index in [1.807, 2.05) is 24.3 Å². The van der Waals surface area contributed by atoms with Gasteiger partial charge in [0.15, 0.2) is 5.82 Å². The maximum Gasteiger partial charge on any atom is 0.155 e. The van der Waals surface area contributed by atoms with Crippen LogP contribution in [-0.4, -0.2) is 15.8 Å². The number of aromatic nitrogens is 2. The zero-order chi connectivity index (χ0) is 14.7. The summed E-state index contributed by atoms with van der Waals surface area (Å²) >= 11 is 1.65. The van der Waals surface area contributed by atoms with Gasteiger partial charge in [-0.1, -0.05) is 0 Å². The van der Waals surface area contributed by atoms with Gasteiger partial charge in [-0.25, -0.2) is 9.98 Å². The van der Waals surface area contributed by atoms with Crippen molar-refractivity contribution in [2.45, 2.75) is 0 Å². The molecule has 0 saturated heterocycles. The van der Waals surface area contributed by atoms with Crippen LogP contribution in [0, 0.1) is 0 Å². The molecular weight excluding hydrogens is 282 g/mol. The Hall–Kier alpha value is -2.73. The van der Waals surface area contributed by atoms with E-state index < -0.39 is 0 Å². The molecule has 0 aliphatic carbocycles. The fourth-order valence-corrected chi connectivity index (χ4v) is 2.88. The minimum atomic E-state index is 0.324. The zero-order valence-electron chi connectivity index (χ0n) is 11.1. The molecule has 4 N–H and O–H groups in total. The largest absolute Gasteiger partial charge is 0.404 e. The molecule has 0 aliphatic heterocycles. The summed E-state index contributed by atoms with van der Waals surface area (Å²) in [5, 5.41) is 2.09. The van der Waals surface area contributed by atoms with Crippen molar-refractivity contribution in [1.29, 1.82) is 0 Å². The first-order chi connectivity index (χ1) is 10.3. The average molecular weight is 295 g/mol. The Morgan fingerprint density at radius 3 is 2.76 bits per heavy atom. The second-order valence-corrected chi connectivity index (χ2v) is 5.21. The van der Waals surface area contributed by atoms with Crippen LogP contribution < -0.4 is 11.5 Å². The lowest BCUT2D eigenvalue weighted by Crippen LogP contribution is -2.07. The molecule has 0 saturated carbocycles. The highest BCUT2D eigenvalue weighted by atomic mass is 32.1. The maximum absolute atomic E-state index is 5.72. The summed E-state index contributed by atoms with van der Waals surface area (Å²) in [5.74, 6) is 0.886. The standard InChI is InChI=1S/C15H13N5S/c16-6-3-13(17)19-14-2-1-12-15(20-14)11(9-21-12)10-4-7-18-8-5-10/h1-9H,16H2,(H2,17,19,20)/b6-3-. The van der Waals surface area contributed by atoms with E-state index in [4.69, 9.17) is 11.5 Å². The van der Waals surface area contributed by atoms with Crippen molar-refractivity contribution in [2.24, 2.45) is 16.5 Å². The Bertz CT molecular complexity index is 820. The van der Waals surface area contributed by atoms with Gasteiger partial charge in [0.25, 0.3) is 0 Å². The SMILES string of the molecule is N/C=C\C(N)=Nc1ccc2scc(-c3ccncc3)c2n1. The van der Waals surface area contributed by atoms with E-state index in [1.165, 1.54) is 12.3 Å². The number of rotatable bonds is 3. The molecule has 3 heterocycles. The fourth-order valence-electron chi connectivity index (χ4n) is 1.97. The van der Waals surface area contributed by atoms with Crippen molar-refractivity contribution in [3.05, 3.63) is 54.3 Å². The molecule has 3 aromatic heterocycles. The number of nitrogens with zero attached hydrogens (tertiary/aromatic N) is 3. The first-order valence-electron chi connectivity index (χ1n) is 6.29. The summed E-state index contributed by atoms with van der Waals surface area (Å²) in [6.07, 6.45) is 6.42. The Morgan fingerprint density at radius 1 is 1.19 bits per heavy atom. The third-order valence-electron chi connectivity index (χ3n) is 2.90. The topological polar surface area (TPSA) is 90.2 Å². The molecule has 0 atom stereocenters. The number of amidine groups is 1. The minimum Gasteiger partial charge on any atom is -0.404 e. The van der Waals surface area contributed by atoms with E-state index in [2.05, 4.69) is 20.3 Å². The van der Waals surface area contributed by atoms with Crippen molar-refractivity contribution < 1.29 is 0 Å². The number of nitrogens with two attached hydrogens (primary N) is 2. The molecule has 0 spiro atoms. The molecule has 0 aromatic carbocycles. The van der Waals surface area contributed by atoms with Crippen LogP contribution in [0.3, 0.4) is 0 Å². The highest BCUT2D eigenvalue weighted by molar-refractivity contribution is 7.17. The Labute approximate surface area is 125 Å².